The average Bonchev–Trinajstić information content (AvgIpc) is 2.88. The lowest BCUT2D eigenvalue weighted by atomic mass is 9.93. The molecule has 0 saturated carbocycles. The number of benzene rings is 1. The van der Waals surface area contributed by atoms with E-state index in [0.717, 1.165) is 37.1 Å². The number of hydrogen-bond acceptors (Lipinski definition) is 3. The minimum Gasteiger partial charge on any atom is -0.443 e. The SMILES string of the molecule is CC(C)(C)OC(=O)n1c2c(c3ccccc31)CCN1CC=CCC21. The maximum absolute atomic E-state index is 13.0. The van der Waals surface area contributed by atoms with E-state index in [9.17, 15) is 4.79 Å². The van der Waals surface area contributed by atoms with Crippen LogP contribution in [0.5, 0.6) is 0 Å². The molecule has 1 atom stereocenters. The minimum absolute atomic E-state index is 0.263. The number of ether oxygens (including phenoxy) is 1. The van der Waals surface area contributed by atoms with Gasteiger partial charge in [0.15, 0.2) is 0 Å². The van der Waals surface area contributed by atoms with Gasteiger partial charge in [-0.25, -0.2) is 9.36 Å². The molecule has 24 heavy (non-hydrogen) atoms. The fourth-order valence-electron chi connectivity index (χ4n) is 3.94. The van der Waals surface area contributed by atoms with Crippen LogP contribution in [0.1, 0.15) is 44.5 Å². The van der Waals surface area contributed by atoms with Crippen LogP contribution in [-0.2, 0) is 11.2 Å². The number of nitrogens with zero attached hydrogens (tertiary/aromatic N) is 2. The number of para-hydroxylation sites is 1. The fraction of sp³-hybridized carbons (Fsp3) is 0.450. The molecule has 0 bridgehead atoms. The molecule has 0 spiro atoms. The summed E-state index contributed by atoms with van der Waals surface area (Å²) in [4.78, 5) is 15.4. The monoisotopic (exact) mass is 324 g/mol. The second kappa shape index (κ2) is 5.49. The third kappa shape index (κ3) is 2.46. The highest BCUT2D eigenvalue weighted by atomic mass is 16.6. The standard InChI is InChI=1S/C20H24N2O2/c1-20(2,3)24-19(23)22-16-9-5-4-8-14(16)15-11-13-21-12-7-6-10-17(21)18(15)22/h4-9,17H,10-13H2,1-3H3. The fourth-order valence-corrected chi connectivity index (χ4v) is 3.94. The summed E-state index contributed by atoms with van der Waals surface area (Å²) in [6.45, 7) is 7.75. The molecule has 0 radical (unpaired) electrons. The first-order valence-corrected chi connectivity index (χ1v) is 8.70. The second-order valence-corrected chi connectivity index (χ2v) is 7.66. The van der Waals surface area contributed by atoms with Gasteiger partial charge in [0.25, 0.3) is 0 Å². The van der Waals surface area contributed by atoms with Gasteiger partial charge in [-0.3, -0.25) is 4.90 Å². The van der Waals surface area contributed by atoms with Crippen LogP contribution in [0.4, 0.5) is 4.79 Å². The van der Waals surface area contributed by atoms with Crippen LogP contribution in [0.15, 0.2) is 36.4 Å². The molecular weight excluding hydrogens is 300 g/mol. The first kappa shape index (κ1) is 15.5. The molecule has 2 aliphatic rings. The van der Waals surface area contributed by atoms with E-state index in [2.05, 4.69) is 29.2 Å². The predicted octanol–water partition coefficient (Wildman–Crippen LogP) is 4.28. The summed E-state index contributed by atoms with van der Waals surface area (Å²) < 4.78 is 7.55. The van der Waals surface area contributed by atoms with Gasteiger partial charge in [-0.05, 0) is 45.2 Å². The van der Waals surface area contributed by atoms with E-state index >= 15 is 0 Å². The maximum atomic E-state index is 13.0. The first-order chi connectivity index (χ1) is 11.5. The van der Waals surface area contributed by atoms with Crippen molar-refractivity contribution in [3.8, 4) is 0 Å². The van der Waals surface area contributed by atoms with Gasteiger partial charge in [-0.2, -0.15) is 0 Å². The third-order valence-electron chi connectivity index (χ3n) is 4.87. The van der Waals surface area contributed by atoms with Crippen LogP contribution in [0.25, 0.3) is 10.9 Å². The molecule has 1 unspecified atom stereocenters. The largest absolute Gasteiger partial charge is 0.443 e. The molecule has 4 nitrogen and oxygen atoms in total. The average molecular weight is 324 g/mol. The quantitative estimate of drug-likeness (QED) is 0.678. The van der Waals surface area contributed by atoms with Crippen molar-refractivity contribution in [3.05, 3.63) is 47.7 Å². The Hall–Kier alpha value is -2.07. The van der Waals surface area contributed by atoms with E-state index in [1.807, 2.05) is 37.5 Å². The first-order valence-electron chi connectivity index (χ1n) is 8.70. The third-order valence-corrected chi connectivity index (χ3v) is 4.87. The van der Waals surface area contributed by atoms with E-state index in [4.69, 9.17) is 4.74 Å². The van der Waals surface area contributed by atoms with Crippen molar-refractivity contribution in [2.24, 2.45) is 0 Å². The van der Waals surface area contributed by atoms with Gasteiger partial charge in [0, 0.05) is 18.5 Å². The van der Waals surface area contributed by atoms with Crippen molar-refractivity contribution >= 4 is 17.0 Å². The molecule has 126 valence electrons. The molecule has 0 aliphatic carbocycles. The van der Waals surface area contributed by atoms with E-state index in [0.29, 0.717) is 0 Å². The van der Waals surface area contributed by atoms with Gasteiger partial charge < -0.3 is 4.74 Å². The Morgan fingerprint density at radius 1 is 1.21 bits per heavy atom. The number of fused-ring (bicyclic) bond motifs is 5. The summed E-state index contributed by atoms with van der Waals surface area (Å²) in [5, 5.41) is 1.19. The van der Waals surface area contributed by atoms with E-state index in [1.54, 1.807) is 0 Å². The van der Waals surface area contributed by atoms with Gasteiger partial charge in [0.1, 0.15) is 5.60 Å². The molecule has 0 saturated heterocycles. The van der Waals surface area contributed by atoms with Gasteiger partial charge in [0.05, 0.1) is 17.3 Å². The number of rotatable bonds is 0. The summed E-state index contributed by atoms with van der Waals surface area (Å²) in [7, 11) is 0. The van der Waals surface area contributed by atoms with Crippen molar-refractivity contribution in [2.75, 3.05) is 13.1 Å². The lowest BCUT2D eigenvalue weighted by Gasteiger charge is -2.37. The summed E-state index contributed by atoms with van der Waals surface area (Å²) >= 11 is 0. The van der Waals surface area contributed by atoms with Gasteiger partial charge in [-0.1, -0.05) is 30.4 Å². The van der Waals surface area contributed by atoms with Crippen LogP contribution in [0, 0.1) is 0 Å². The highest BCUT2D eigenvalue weighted by Gasteiger charge is 2.35. The number of carbonyl (C=O) groups is 1. The zero-order chi connectivity index (χ0) is 16.9. The van der Waals surface area contributed by atoms with Crippen molar-refractivity contribution in [3.63, 3.8) is 0 Å². The molecule has 2 aromatic rings. The second-order valence-electron chi connectivity index (χ2n) is 7.66. The molecule has 4 heteroatoms. The smallest absolute Gasteiger partial charge is 0.419 e. The van der Waals surface area contributed by atoms with Gasteiger partial charge in [0.2, 0.25) is 0 Å². The lowest BCUT2D eigenvalue weighted by Crippen LogP contribution is -2.39. The molecule has 1 aromatic heterocycles. The van der Waals surface area contributed by atoms with Crippen LogP contribution in [0.2, 0.25) is 0 Å². The zero-order valence-electron chi connectivity index (χ0n) is 14.6. The highest BCUT2D eigenvalue weighted by Crippen LogP contribution is 2.40. The van der Waals surface area contributed by atoms with Gasteiger partial charge >= 0.3 is 6.09 Å². The highest BCUT2D eigenvalue weighted by molar-refractivity contribution is 5.94. The summed E-state index contributed by atoms with van der Waals surface area (Å²) in [5.41, 5.74) is 2.90. The Labute approximate surface area is 142 Å². The van der Waals surface area contributed by atoms with Crippen LogP contribution < -0.4 is 0 Å². The summed E-state index contributed by atoms with van der Waals surface area (Å²) in [6, 6.07) is 8.46. The van der Waals surface area contributed by atoms with E-state index < -0.39 is 5.60 Å². The number of hydrogen-bond donors (Lipinski definition) is 0. The lowest BCUT2D eigenvalue weighted by molar-refractivity contribution is 0.0527. The van der Waals surface area contributed by atoms with Crippen LogP contribution in [-0.4, -0.2) is 34.3 Å². The molecule has 0 fully saturated rings. The minimum atomic E-state index is -0.504. The topological polar surface area (TPSA) is 34.5 Å². The van der Waals surface area contributed by atoms with E-state index in [1.165, 1.54) is 10.9 Å². The predicted molar refractivity (Wildman–Crippen MR) is 95.3 cm³/mol. The molecule has 0 N–H and O–H groups in total. The Kier molecular flexibility index (Phi) is 3.53. The Balaban J connectivity index is 1.92. The Morgan fingerprint density at radius 3 is 2.79 bits per heavy atom. The maximum Gasteiger partial charge on any atom is 0.419 e. The van der Waals surface area contributed by atoms with Crippen LogP contribution in [0.3, 0.4) is 0 Å². The summed E-state index contributed by atoms with van der Waals surface area (Å²) in [6.07, 6.45) is 6.12. The van der Waals surface area contributed by atoms with Crippen molar-refractivity contribution in [2.45, 2.75) is 45.3 Å². The molecule has 1 aromatic carbocycles. The molecule has 2 aliphatic heterocycles. The Bertz CT molecular complexity index is 826. The molecule has 0 amide bonds. The van der Waals surface area contributed by atoms with E-state index in [-0.39, 0.29) is 12.1 Å². The van der Waals surface area contributed by atoms with Crippen LogP contribution >= 0.6 is 0 Å². The van der Waals surface area contributed by atoms with Crippen molar-refractivity contribution < 1.29 is 9.53 Å². The molecule has 3 heterocycles. The Morgan fingerprint density at radius 2 is 2.00 bits per heavy atom. The summed E-state index contributed by atoms with van der Waals surface area (Å²) in [5.74, 6) is 0. The number of carbonyl (C=O) groups excluding carboxylic acids is 1. The number of aromatic nitrogens is 1. The zero-order valence-corrected chi connectivity index (χ0v) is 14.6. The van der Waals surface area contributed by atoms with Crippen molar-refractivity contribution in [1.82, 2.24) is 9.47 Å². The molecule has 4 rings (SSSR count). The normalized spacial score (nSPS) is 20.7. The van der Waals surface area contributed by atoms with Gasteiger partial charge in [-0.15, -0.1) is 0 Å². The van der Waals surface area contributed by atoms with Crippen molar-refractivity contribution in [1.29, 1.82) is 0 Å². The molecular formula is C20H24N2O2.